The van der Waals surface area contributed by atoms with Gasteiger partial charge in [0.2, 0.25) is 0 Å². The smallest absolute Gasteiger partial charge is 0.106 e. The molecular weight excluding hydrogens is 442 g/mol. The fourth-order valence-electron chi connectivity index (χ4n) is 3.58. The second-order valence-electron chi connectivity index (χ2n) is 7.47. The Bertz CT molecular complexity index is 893. The topological polar surface area (TPSA) is 46.2 Å². The fraction of sp³-hybridized carbons (Fsp3) is 0.394. The zero-order chi connectivity index (χ0) is 28.4. The molecule has 2 aromatic rings. The monoisotopic (exact) mass is 491 g/mol. The predicted molar refractivity (Wildman–Crippen MR) is 160 cm³/mol. The van der Waals surface area contributed by atoms with E-state index in [-0.39, 0.29) is 0 Å². The Morgan fingerprint density at radius 3 is 1.86 bits per heavy atom. The molecule has 1 aliphatic rings. The number of benzene rings is 2. The number of carbonyl (C=O) groups excluding carboxylic acids is 2. The summed E-state index contributed by atoms with van der Waals surface area (Å²) in [5, 5.41) is 2.75. The lowest BCUT2D eigenvalue weighted by atomic mass is 9.94. The number of hydrogen-bond donors (Lipinski definition) is 1. The van der Waals surface area contributed by atoms with Crippen molar-refractivity contribution in [3.8, 4) is 11.8 Å². The molecule has 0 unspecified atom stereocenters. The van der Waals surface area contributed by atoms with Crippen LogP contribution in [-0.2, 0) is 9.59 Å². The van der Waals surface area contributed by atoms with Crippen LogP contribution in [0.25, 0.3) is 5.57 Å². The zero-order valence-electron chi connectivity index (χ0n) is 24.0. The van der Waals surface area contributed by atoms with E-state index in [0.717, 1.165) is 17.1 Å². The Morgan fingerprint density at radius 2 is 1.42 bits per heavy atom. The van der Waals surface area contributed by atoms with Crippen LogP contribution in [-0.4, -0.2) is 27.7 Å². The number of carbonyl (C=O) groups is 2. The third kappa shape index (κ3) is 14.9. The second kappa shape index (κ2) is 26.4. The zero-order valence-corrected chi connectivity index (χ0v) is 24.0. The summed E-state index contributed by atoms with van der Waals surface area (Å²) in [6.07, 6.45) is 7.30. The Kier molecular flexibility index (Phi) is 27.4. The van der Waals surface area contributed by atoms with Crippen LogP contribution < -0.4 is 5.32 Å². The highest BCUT2D eigenvalue weighted by Crippen LogP contribution is 2.34. The van der Waals surface area contributed by atoms with Crippen LogP contribution in [0, 0.1) is 18.8 Å². The summed E-state index contributed by atoms with van der Waals surface area (Å²) in [5.41, 5.74) is 7.18. The lowest BCUT2D eigenvalue weighted by Gasteiger charge is -2.11. The first-order chi connectivity index (χ1) is 17.6. The van der Waals surface area contributed by atoms with Crippen molar-refractivity contribution in [3.05, 3.63) is 89.0 Å². The van der Waals surface area contributed by atoms with Crippen LogP contribution in [0.3, 0.4) is 0 Å². The van der Waals surface area contributed by atoms with Crippen LogP contribution in [0.2, 0.25) is 0 Å². The molecule has 0 radical (unpaired) electrons. The summed E-state index contributed by atoms with van der Waals surface area (Å²) in [6, 6.07) is 17.4. The van der Waals surface area contributed by atoms with E-state index in [4.69, 9.17) is 9.59 Å². The minimum Gasteiger partial charge on any atom is -0.323 e. The fourth-order valence-corrected chi connectivity index (χ4v) is 3.58. The molecule has 1 aliphatic carbocycles. The van der Waals surface area contributed by atoms with Gasteiger partial charge in [0.05, 0.1) is 0 Å². The van der Waals surface area contributed by atoms with Gasteiger partial charge in [0.1, 0.15) is 13.6 Å². The van der Waals surface area contributed by atoms with E-state index >= 15 is 0 Å². The van der Waals surface area contributed by atoms with Crippen molar-refractivity contribution in [1.29, 1.82) is 0 Å². The molecule has 0 saturated heterocycles. The maximum atomic E-state index is 8.00. The molecule has 1 fully saturated rings. The molecule has 3 rings (SSSR count). The Labute approximate surface area is 222 Å². The first-order valence-electron chi connectivity index (χ1n) is 12.8. The van der Waals surface area contributed by atoms with E-state index in [9.17, 15) is 0 Å². The normalized spacial score (nSPS) is 11.7. The summed E-state index contributed by atoms with van der Waals surface area (Å²) in [6.45, 7) is 20.2. The quantitative estimate of drug-likeness (QED) is 0.348. The summed E-state index contributed by atoms with van der Waals surface area (Å²) in [5.74, 6) is 7.32. The molecule has 0 aliphatic heterocycles. The lowest BCUT2D eigenvalue weighted by Crippen LogP contribution is -1.93. The van der Waals surface area contributed by atoms with E-state index in [0.29, 0.717) is 0 Å². The third-order valence-electron chi connectivity index (χ3n) is 5.14. The number of aryl methyl sites for hydroxylation is 1. The molecule has 3 nitrogen and oxygen atoms in total. The van der Waals surface area contributed by atoms with Gasteiger partial charge in [-0.2, -0.15) is 0 Å². The summed E-state index contributed by atoms with van der Waals surface area (Å²) in [4.78, 5) is 16.0. The summed E-state index contributed by atoms with van der Waals surface area (Å²) < 4.78 is 0. The Hall–Kier alpha value is -3.22. The van der Waals surface area contributed by atoms with Crippen LogP contribution in [0.4, 0.5) is 0 Å². The first-order valence-corrected chi connectivity index (χ1v) is 12.8. The van der Waals surface area contributed by atoms with Crippen molar-refractivity contribution in [3.63, 3.8) is 0 Å². The average molecular weight is 492 g/mol. The van der Waals surface area contributed by atoms with Gasteiger partial charge in [0.15, 0.2) is 0 Å². The summed E-state index contributed by atoms with van der Waals surface area (Å²) >= 11 is 0. The van der Waals surface area contributed by atoms with Crippen molar-refractivity contribution >= 4 is 19.2 Å². The standard InChI is InChI=1S/C25H26.C2H7N.2C2H6.2CH2O/c1-4-22(13-12-21-9-7-8-19(2)18-21)20(3)23-14-16-25(17-15-23)24-10-5-6-11-24;1-3-2;4*1-2/h4,7-9,14-18,24H,1,5-6,10-11H2,2-3H3;3H,1-2H3;2*1-2H3;2*1H2/b22-20-;;;;;. The van der Waals surface area contributed by atoms with Crippen molar-refractivity contribution < 1.29 is 9.59 Å². The molecule has 0 spiro atoms. The van der Waals surface area contributed by atoms with Gasteiger partial charge in [-0.3, -0.25) is 0 Å². The molecular formula is C33H49NO2. The van der Waals surface area contributed by atoms with Gasteiger partial charge >= 0.3 is 0 Å². The SMILES string of the molecule is C=C/C(C#Cc1cccc(C)c1)=C(\C)c1ccc(C2CCCC2)cc1.C=O.C=O.CC.CC.CNC. The number of nitrogens with one attached hydrogen (secondary N) is 1. The van der Waals surface area contributed by atoms with Crippen molar-refractivity contribution in [2.75, 3.05) is 14.1 Å². The van der Waals surface area contributed by atoms with E-state index in [2.05, 4.69) is 74.0 Å². The van der Waals surface area contributed by atoms with E-state index in [1.54, 1.807) is 0 Å². The number of allylic oxidation sites excluding steroid dienone is 3. The maximum Gasteiger partial charge on any atom is 0.106 e. The lowest BCUT2D eigenvalue weighted by molar-refractivity contribution is -0.0987. The van der Waals surface area contributed by atoms with Gasteiger partial charge < -0.3 is 14.9 Å². The van der Waals surface area contributed by atoms with Gasteiger partial charge in [-0.1, -0.05) is 101 Å². The number of hydrogen-bond acceptors (Lipinski definition) is 3. The molecule has 0 aromatic heterocycles. The maximum absolute atomic E-state index is 8.00. The predicted octanol–water partition coefficient (Wildman–Crippen LogP) is 8.18. The van der Waals surface area contributed by atoms with E-state index in [1.165, 1.54) is 47.9 Å². The molecule has 0 atom stereocenters. The Balaban J connectivity index is -0.000000869. The molecule has 3 heteroatoms. The van der Waals surface area contributed by atoms with Gasteiger partial charge in [-0.25, -0.2) is 0 Å². The molecule has 36 heavy (non-hydrogen) atoms. The second-order valence-corrected chi connectivity index (χ2v) is 7.47. The molecule has 0 heterocycles. The molecule has 2 aromatic carbocycles. The summed E-state index contributed by atoms with van der Waals surface area (Å²) in [7, 11) is 3.75. The van der Waals surface area contributed by atoms with Crippen LogP contribution >= 0.6 is 0 Å². The van der Waals surface area contributed by atoms with Gasteiger partial charge in [-0.05, 0) is 81.1 Å². The molecule has 1 saturated carbocycles. The van der Waals surface area contributed by atoms with Gasteiger partial charge in [-0.15, -0.1) is 0 Å². The van der Waals surface area contributed by atoms with Crippen molar-refractivity contribution in [2.24, 2.45) is 0 Å². The minimum atomic E-state index is 0.762. The molecule has 198 valence electrons. The van der Waals surface area contributed by atoms with Crippen LogP contribution in [0.1, 0.15) is 88.5 Å². The first kappa shape index (κ1) is 37.3. The highest BCUT2D eigenvalue weighted by Gasteiger charge is 2.16. The Morgan fingerprint density at radius 1 is 0.917 bits per heavy atom. The molecule has 0 bridgehead atoms. The van der Waals surface area contributed by atoms with E-state index < -0.39 is 0 Å². The molecule has 0 amide bonds. The number of rotatable bonds is 3. The highest BCUT2D eigenvalue weighted by molar-refractivity contribution is 5.74. The van der Waals surface area contributed by atoms with Crippen molar-refractivity contribution in [2.45, 2.75) is 73.1 Å². The van der Waals surface area contributed by atoms with Gasteiger partial charge in [0.25, 0.3) is 0 Å². The van der Waals surface area contributed by atoms with Crippen LogP contribution in [0.15, 0.2) is 66.8 Å². The third-order valence-corrected chi connectivity index (χ3v) is 5.14. The largest absolute Gasteiger partial charge is 0.323 e. The van der Waals surface area contributed by atoms with Crippen molar-refractivity contribution in [1.82, 2.24) is 5.32 Å². The average Bonchev–Trinajstić information content (AvgIpc) is 3.49. The van der Waals surface area contributed by atoms with Gasteiger partial charge in [0, 0.05) is 11.1 Å². The van der Waals surface area contributed by atoms with Crippen LogP contribution in [0.5, 0.6) is 0 Å². The molecule has 1 N–H and O–H groups in total. The van der Waals surface area contributed by atoms with E-state index in [1.807, 2.05) is 73.6 Å². The minimum absolute atomic E-state index is 0.762. The highest BCUT2D eigenvalue weighted by atomic mass is 16.1.